The highest BCUT2D eigenvalue weighted by molar-refractivity contribution is 7.91. The molecule has 7 rings (SSSR count). The average Bonchev–Trinajstić information content (AvgIpc) is 4.13. The number of piperidine rings is 1. The summed E-state index contributed by atoms with van der Waals surface area (Å²) in [5.41, 5.74) is -0.0157. The molecule has 2 saturated heterocycles. The summed E-state index contributed by atoms with van der Waals surface area (Å²) in [7, 11) is -2.31. The summed E-state index contributed by atoms with van der Waals surface area (Å²) in [6, 6.07) is 15.9. The molecule has 3 unspecified atom stereocenters. The fraction of sp³-hybridized carbons (Fsp3) is 0.512. The number of rotatable bonds is 13. The highest BCUT2D eigenvalue weighted by Gasteiger charge is 2.62. The van der Waals surface area contributed by atoms with E-state index < -0.39 is 62.0 Å². The number of benzene rings is 2. The van der Waals surface area contributed by atoms with Crippen LogP contribution in [0.1, 0.15) is 72.1 Å². The number of nitrogens with zero attached hydrogens (tertiary/aromatic N) is 3. The Hall–Kier alpha value is -4.98. The van der Waals surface area contributed by atoms with E-state index in [0.29, 0.717) is 54.0 Å². The predicted molar refractivity (Wildman–Crippen MR) is 216 cm³/mol. The van der Waals surface area contributed by atoms with Crippen molar-refractivity contribution in [3.63, 3.8) is 0 Å². The van der Waals surface area contributed by atoms with E-state index in [-0.39, 0.29) is 37.6 Å². The van der Waals surface area contributed by atoms with Gasteiger partial charge in [0.05, 0.1) is 36.0 Å². The SMILES string of the molecule is C=CC1C[C@]1(NC(=O)C1CC(Oc2cc(-c3ccccc3)nc3cc(OC)ccc23)CN1C(=O)[C@@H](CC(=O)N1CCCCC1)C(C)(C)C)C(=O)NS(=O)(=O)C1CC1. The van der Waals surface area contributed by atoms with E-state index in [1.165, 1.54) is 11.0 Å². The van der Waals surface area contributed by atoms with Crippen LogP contribution < -0.4 is 19.5 Å². The lowest BCUT2D eigenvalue weighted by molar-refractivity contribution is -0.148. The molecule has 57 heavy (non-hydrogen) atoms. The molecule has 2 aliphatic carbocycles. The van der Waals surface area contributed by atoms with Crippen molar-refractivity contribution in [3.05, 3.63) is 67.3 Å². The molecular formula is C43H53N5O8S. The summed E-state index contributed by atoms with van der Waals surface area (Å²) in [5, 5.41) is 2.94. The maximum Gasteiger partial charge on any atom is 0.259 e. The number of nitrogens with one attached hydrogen (secondary N) is 2. The molecule has 304 valence electrons. The number of pyridine rings is 1. The topological polar surface area (TPSA) is 164 Å². The Kier molecular flexibility index (Phi) is 11.1. The standard InChI is InChI=1S/C43H53N5O8S/c1-6-28-25-43(28,41(52)46-57(53,54)31-16-17-31)45-39(50)36-22-30(26-48(36)40(51)33(42(2,3)4)23-38(49)47-19-11-8-12-20-47)56-37-24-34(27-13-9-7-10-14-27)44-35-21-29(55-5)15-18-32(35)37/h6-7,9-10,13-15,18,21,24,28,30-31,33,36H,1,8,11-12,16-17,19-20,22-23,25-26H2,2-5H3,(H,45,50)(H,46,52)/t28?,30?,33-,36?,43-/m1/s1. The maximum absolute atomic E-state index is 14.9. The lowest BCUT2D eigenvalue weighted by Gasteiger charge is -2.36. The van der Waals surface area contributed by atoms with Crippen molar-refractivity contribution in [2.24, 2.45) is 17.3 Å². The Morgan fingerprint density at radius 3 is 2.39 bits per heavy atom. The molecule has 13 nitrogen and oxygen atoms in total. The molecular weight excluding hydrogens is 747 g/mol. The maximum atomic E-state index is 14.9. The van der Waals surface area contributed by atoms with Gasteiger partial charge in [-0.05, 0) is 56.1 Å². The van der Waals surface area contributed by atoms with E-state index in [2.05, 4.69) is 16.6 Å². The van der Waals surface area contributed by atoms with Crippen LogP contribution in [0.4, 0.5) is 0 Å². The number of hydrogen-bond donors (Lipinski definition) is 2. The zero-order valence-corrected chi connectivity index (χ0v) is 34.0. The van der Waals surface area contributed by atoms with Crippen molar-refractivity contribution in [3.8, 4) is 22.8 Å². The van der Waals surface area contributed by atoms with Crippen LogP contribution in [-0.2, 0) is 29.2 Å². The van der Waals surface area contributed by atoms with Crippen molar-refractivity contribution < 1.29 is 37.1 Å². The number of methoxy groups -OCH3 is 1. The fourth-order valence-electron chi connectivity index (χ4n) is 8.14. The van der Waals surface area contributed by atoms with Crippen molar-refractivity contribution in [1.29, 1.82) is 0 Å². The third kappa shape index (κ3) is 8.51. The van der Waals surface area contributed by atoms with E-state index in [4.69, 9.17) is 14.5 Å². The molecule has 4 amide bonds. The van der Waals surface area contributed by atoms with Gasteiger partial charge in [0.2, 0.25) is 27.7 Å². The minimum absolute atomic E-state index is 0.0140. The summed E-state index contributed by atoms with van der Waals surface area (Å²) in [6.45, 7) is 10.9. The van der Waals surface area contributed by atoms with Crippen LogP contribution in [0.25, 0.3) is 22.2 Å². The molecule has 3 heterocycles. The Balaban J connectivity index is 1.21. The first-order valence-corrected chi connectivity index (χ1v) is 21.5. The predicted octanol–water partition coefficient (Wildman–Crippen LogP) is 4.99. The number of amides is 4. The number of ether oxygens (including phenoxy) is 2. The zero-order valence-electron chi connectivity index (χ0n) is 33.2. The van der Waals surface area contributed by atoms with Crippen LogP contribution in [0.5, 0.6) is 11.5 Å². The van der Waals surface area contributed by atoms with E-state index in [1.54, 1.807) is 7.11 Å². The van der Waals surface area contributed by atoms with Gasteiger partial charge in [-0.15, -0.1) is 6.58 Å². The zero-order chi connectivity index (χ0) is 40.7. The molecule has 3 aromatic rings. The molecule has 4 fully saturated rings. The lowest BCUT2D eigenvalue weighted by Crippen LogP contribution is -2.57. The van der Waals surface area contributed by atoms with Gasteiger partial charge in [0, 0.05) is 54.9 Å². The summed E-state index contributed by atoms with van der Waals surface area (Å²) < 4.78 is 40.1. The molecule has 14 heteroatoms. The molecule has 0 spiro atoms. The monoisotopic (exact) mass is 799 g/mol. The van der Waals surface area contributed by atoms with Gasteiger partial charge in [-0.25, -0.2) is 13.4 Å². The van der Waals surface area contributed by atoms with Gasteiger partial charge < -0.3 is 24.6 Å². The van der Waals surface area contributed by atoms with Crippen molar-refractivity contribution >= 4 is 44.6 Å². The Labute approximate surface area is 334 Å². The third-order valence-corrected chi connectivity index (χ3v) is 13.7. The van der Waals surface area contributed by atoms with Gasteiger partial charge in [0.15, 0.2) is 0 Å². The summed E-state index contributed by atoms with van der Waals surface area (Å²) in [5.74, 6) is -2.03. The third-order valence-electron chi connectivity index (χ3n) is 11.9. The van der Waals surface area contributed by atoms with E-state index in [1.807, 2.05) is 80.3 Å². The van der Waals surface area contributed by atoms with E-state index >= 15 is 0 Å². The highest BCUT2D eigenvalue weighted by Crippen LogP contribution is 2.46. The second kappa shape index (κ2) is 15.8. The van der Waals surface area contributed by atoms with Crippen molar-refractivity contribution in [2.75, 3.05) is 26.7 Å². The summed E-state index contributed by atoms with van der Waals surface area (Å²) in [6.07, 6.45) is 4.91. The van der Waals surface area contributed by atoms with Gasteiger partial charge in [0.1, 0.15) is 29.2 Å². The van der Waals surface area contributed by atoms with Crippen LogP contribution >= 0.6 is 0 Å². The first-order chi connectivity index (χ1) is 27.1. The van der Waals surface area contributed by atoms with Gasteiger partial charge in [0.25, 0.3) is 5.91 Å². The van der Waals surface area contributed by atoms with Gasteiger partial charge >= 0.3 is 0 Å². The number of fused-ring (bicyclic) bond motifs is 1. The van der Waals surface area contributed by atoms with Crippen molar-refractivity contribution in [1.82, 2.24) is 24.8 Å². The minimum atomic E-state index is -3.90. The molecule has 0 radical (unpaired) electrons. The molecule has 1 aromatic heterocycles. The van der Waals surface area contributed by atoms with Crippen molar-refractivity contribution in [2.45, 2.75) is 95.1 Å². The molecule has 5 atom stereocenters. The second-order valence-electron chi connectivity index (χ2n) is 17.0. The van der Waals surface area contributed by atoms with E-state index in [9.17, 15) is 27.6 Å². The first-order valence-electron chi connectivity index (χ1n) is 19.9. The average molecular weight is 800 g/mol. The largest absolute Gasteiger partial charge is 0.497 e. The molecule has 2 aliphatic heterocycles. The van der Waals surface area contributed by atoms with Crippen LogP contribution in [0.15, 0.2) is 67.3 Å². The van der Waals surface area contributed by atoms with Gasteiger partial charge in [-0.2, -0.15) is 0 Å². The normalized spacial score (nSPS) is 24.0. The molecule has 2 N–H and O–H groups in total. The smallest absolute Gasteiger partial charge is 0.259 e. The minimum Gasteiger partial charge on any atom is -0.497 e. The molecule has 2 saturated carbocycles. The summed E-state index contributed by atoms with van der Waals surface area (Å²) in [4.78, 5) is 64.9. The van der Waals surface area contributed by atoms with Crippen LogP contribution in [0.2, 0.25) is 0 Å². The van der Waals surface area contributed by atoms with Crippen LogP contribution in [-0.4, -0.2) is 96.5 Å². The van der Waals surface area contributed by atoms with Crippen LogP contribution in [0.3, 0.4) is 0 Å². The van der Waals surface area contributed by atoms with Crippen LogP contribution in [0, 0.1) is 17.3 Å². The second-order valence-corrected chi connectivity index (χ2v) is 18.9. The number of hydrogen-bond acceptors (Lipinski definition) is 9. The number of carbonyl (C=O) groups excluding carboxylic acids is 4. The quantitative estimate of drug-likeness (QED) is 0.227. The number of likely N-dealkylation sites (tertiary alicyclic amines) is 2. The van der Waals surface area contributed by atoms with E-state index in [0.717, 1.165) is 24.8 Å². The summed E-state index contributed by atoms with van der Waals surface area (Å²) >= 11 is 0. The number of sulfonamides is 1. The lowest BCUT2D eigenvalue weighted by atomic mass is 9.77. The Morgan fingerprint density at radius 2 is 1.75 bits per heavy atom. The first kappa shape index (κ1) is 40.2. The van der Waals surface area contributed by atoms with Gasteiger partial charge in [-0.3, -0.25) is 23.9 Å². The number of carbonyl (C=O) groups is 4. The number of aromatic nitrogens is 1. The fourth-order valence-corrected chi connectivity index (χ4v) is 9.51. The molecule has 0 bridgehead atoms. The highest BCUT2D eigenvalue weighted by atomic mass is 32.2. The molecule has 2 aromatic carbocycles. The van der Waals surface area contributed by atoms with Gasteiger partial charge in [-0.1, -0.05) is 57.2 Å². The Bertz CT molecular complexity index is 2160. The Morgan fingerprint density at radius 1 is 1.04 bits per heavy atom. The molecule has 4 aliphatic rings.